The zero-order chi connectivity index (χ0) is 21.0. The normalized spacial score (nSPS) is 12.1. The molecule has 1 amide bonds. The molecule has 6 nitrogen and oxygen atoms in total. The topological polar surface area (TPSA) is 73.2 Å². The second-order valence-electron chi connectivity index (χ2n) is 6.27. The van der Waals surface area contributed by atoms with Gasteiger partial charge in [0.2, 0.25) is 5.91 Å². The summed E-state index contributed by atoms with van der Waals surface area (Å²) < 4.78 is 19.9. The van der Waals surface area contributed by atoms with Gasteiger partial charge < -0.3 is 10.1 Å². The SMILES string of the molecule is COCCn1c(SC(C)C(=O)Nc2cccc(F)c2)nc2cc(Cl)ccc2c1=O. The molecule has 1 N–H and O–H groups in total. The van der Waals surface area contributed by atoms with Crippen LogP contribution in [-0.2, 0) is 16.1 Å². The molecule has 1 heterocycles. The van der Waals surface area contributed by atoms with Gasteiger partial charge in [0, 0.05) is 17.8 Å². The first-order valence-electron chi connectivity index (χ1n) is 8.81. The molecule has 0 aliphatic carbocycles. The summed E-state index contributed by atoms with van der Waals surface area (Å²) in [6, 6.07) is 10.5. The molecule has 1 atom stereocenters. The highest BCUT2D eigenvalue weighted by molar-refractivity contribution is 8.00. The van der Waals surface area contributed by atoms with E-state index in [4.69, 9.17) is 16.3 Å². The van der Waals surface area contributed by atoms with E-state index in [1.807, 2.05) is 0 Å². The first-order valence-corrected chi connectivity index (χ1v) is 10.1. The Balaban J connectivity index is 1.90. The second-order valence-corrected chi connectivity index (χ2v) is 8.01. The highest BCUT2D eigenvalue weighted by Crippen LogP contribution is 2.25. The number of aromatic nitrogens is 2. The van der Waals surface area contributed by atoms with Crippen molar-refractivity contribution in [2.75, 3.05) is 19.0 Å². The van der Waals surface area contributed by atoms with Crippen LogP contribution in [0, 0.1) is 5.82 Å². The summed E-state index contributed by atoms with van der Waals surface area (Å²) in [5.74, 6) is -0.774. The summed E-state index contributed by atoms with van der Waals surface area (Å²) in [6.45, 7) is 2.30. The molecule has 2 aromatic carbocycles. The van der Waals surface area contributed by atoms with Crippen LogP contribution in [0.1, 0.15) is 6.92 Å². The average molecular weight is 436 g/mol. The summed E-state index contributed by atoms with van der Waals surface area (Å²) in [7, 11) is 1.54. The number of rotatable bonds is 7. The van der Waals surface area contributed by atoms with Gasteiger partial charge in [-0.05, 0) is 43.3 Å². The fraction of sp³-hybridized carbons (Fsp3) is 0.250. The van der Waals surface area contributed by atoms with Gasteiger partial charge in [-0.2, -0.15) is 0 Å². The number of hydrogen-bond donors (Lipinski definition) is 1. The minimum Gasteiger partial charge on any atom is -0.383 e. The zero-order valence-corrected chi connectivity index (χ0v) is 17.4. The molecule has 29 heavy (non-hydrogen) atoms. The molecule has 0 aliphatic heterocycles. The van der Waals surface area contributed by atoms with Gasteiger partial charge >= 0.3 is 0 Å². The largest absolute Gasteiger partial charge is 0.383 e. The van der Waals surface area contributed by atoms with Crippen LogP contribution in [0.4, 0.5) is 10.1 Å². The van der Waals surface area contributed by atoms with E-state index < -0.39 is 11.1 Å². The average Bonchev–Trinajstić information content (AvgIpc) is 2.67. The Hall–Kier alpha value is -2.42. The van der Waals surface area contributed by atoms with Crippen LogP contribution in [0.5, 0.6) is 0 Å². The Bertz CT molecular complexity index is 1110. The molecule has 3 rings (SSSR count). The van der Waals surface area contributed by atoms with E-state index in [0.29, 0.717) is 39.9 Å². The molecule has 0 saturated carbocycles. The predicted octanol–water partition coefficient (Wildman–Crippen LogP) is 3.95. The molecule has 1 unspecified atom stereocenters. The van der Waals surface area contributed by atoms with Crippen LogP contribution in [0.15, 0.2) is 52.4 Å². The smallest absolute Gasteiger partial charge is 0.262 e. The molecule has 3 aromatic rings. The summed E-state index contributed by atoms with van der Waals surface area (Å²) in [5.41, 5.74) is 0.581. The van der Waals surface area contributed by atoms with Gasteiger partial charge in [-0.25, -0.2) is 9.37 Å². The minimum atomic E-state index is -0.587. The minimum absolute atomic E-state index is 0.232. The van der Waals surface area contributed by atoms with E-state index in [1.165, 1.54) is 22.8 Å². The van der Waals surface area contributed by atoms with Crippen LogP contribution in [0.2, 0.25) is 5.02 Å². The van der Waals surface area contributed by atoms with Crippen molar-refractivity contribution < 1.29 is 13.9 Å². The maximum atomic E-state index is 13.3. The number of anilines is 1. The van der Waals surface area contributed by atoms with E-state index >= 15 is 0 Å². The zero-order valence-electron chi connectivity index (χ0n) is 15.8. The Kier molecular flexibility index (Phi) is 6.89. The third-order valence-corrected chi connectivity index (χ3v) is 5.47. The number of hydrogen-bond acceptors (Lipinski definition) is 5. The van der Waals surface area contributed by atoms with E-state index in [2.05, 4.69) is 10.3 Å². The third kappa shape index (κ3) is 5.14. The quantitative estimate of drug-likeness (QED) is 0.449. The van der Waals surface area contributed by atoms with Gasteiger partial charge in [-0.15, -0.1) is 0 Å². The number of nitrogens with one attached hydrogen (secondary N) is 1. The van der Waals surface area contributed by atoms with Crippen LogP contribution < -0.4 is 10.9 Å². The molecule has 0 bridgehead atoms. The monoisotopic (exact) mass is 435 g/mol. The Morgan fingerprint density at radius 2 is 2.14 bits per heavy atom. The van der Waals surface area contributed by atoms with Gasteiger partial charge in [0.05, 0.1) is 29.3 Å². The standard InChI is InChI=1S/C20H19ClFN3O3S/c1-12(18(26)23-15-5-3-4-14(22)11-15)29-20-24-17-10-13(21)6-7-16(17)19(27)25(20)8-9-28-2/h3-7,10-12H,8-9H2,1-2H3,(H,23,26). The molecular formula is C20H19ClFN3O3S. The van der Waals surface area contributed by atoms with E-state index in [1.54, 1.807) is 38.3 Å². The molecule has 0 fully saturated rings. The van der Waals surface area contributed by atoms with Crippen molar-refractivity contribution in [3.8, 4) is 0 Å². The van der Waals surface area contributed by atoms with Gasteiger partial charge in [0.15, 0.2) is 5.16 Å². The van der Waals surface area contributed by atoms with Crippen molar-refractivity contribution in [1.82, 2.24) is 9.55 Å². The highest BCUT2D eigenvalue weighted by Gasteiger charge is 2.20. The van der Waals surface area contributed by atoms with Gasteiger partial charge in [-0.1, -0.05) is 29.4 Å². The van der Waals surface area contributed by atoms with E-state index in [0.717, 1.165) is 11.8 Å². The van der Waals surface area contributed by atoms with E-state index in [9.17, 15) is 14.0 Å². The highest BCUT2D eigenvalue weighted by atomic mass is 35.5. The number of carbonyl (C=O) groups is 1. The summed E-state index contributed by atoms with van der Waals surface area (Å²) >= 11 is 7.17. The number of amides is 1. The first kappa shape index (κ1) is 21.3. The molecule has 1 aromatic heterocycles. The summed E-state index contributed by atoms with van der Waals surface area (Å²) in [6.07, 6.45) is 0. The summed E-state index contributed by atoms with van der Waals surface area (Å²) in [5, 5.41) is 3.36. The number of carbonyl (C=O) groups excluding carboxylic acids is 1. The predicted molar refractivity (Wildman–Crippen MR) is 113 cm³/mol. The van der Waals surface area contributed by atoms with Gasteiger partial charge in [0.1, 0.15) is 5.82 Å². The maximum absolute atomic E-state index is 13.3. The molecular weight excluding hydrogens is 417 g/mol. The fourth-order valence-corrected chi connectivity index (χ4v) is 3.77. The van der Waals surface area contributed by atoms with Gasteiger partial charge in [0.25, 0.3) is 5.56 Å². The first-order chi connectivity index (χ1) is 13.9. The lowest BCUT2D eigenvalue weighted by molar-refractivity contribution is -0.115. The third-order valence-electron chi connectivity index (χ3n) is 4.14. The molecule has 0 radical (unpaired) electrons. The number of methoxy groups -OCH3 is 1. The Labute approximate surface area is 176 Å². The lowest BCUT2D eigenvalue weighted by Crippen LogP contribution is -2.28. The number of ether oxygens (including phenoxy) is 1. The van der Waals surface area contributed by atoms with Crippen LogP contribution in [-0.4, -0.2) is 34.4 Å². The van der Waals surface area contributed by atoms with Crippen LogP contribution >= 0.6 is 23.4 Å². The lowest BCUT2D eigenvalue weighted by atomic mass is 10.2. The van der Waals surface area contributed by atoms with Crippen molar-refractivity contribution in [3.63, 3.8) is 0 Å². The van der Waals surface area contributed by atoms with Gasteiger partial charge in [-0.3, -0.25) is 14.2 Å². The Morgan fingerprint density at radius 3 is 2.86 bits per heavy atom. The van der Waals surface area contributed by atoms with E-state index in [-0.39, 0.29) is 11.5 Å². The van der Waals surface area contributed by atoms with Crippen molar-refractivity contribution in [2.24, 2.45) is 0 Å². The number of nitrogens with zero attached hydrogens (tertiary/aromatic N) is 2. The van der Waals surface area contributed by atoms with Crippen LogP contribution in [0.3, 0.4) is 0 Å². The number of thioether (sulfide) groups is 1. The summed E-state index contributed by atoms with van der Waals surface area (Å²) in [4.78, 5) is 30.0. The second kappa shape index (κ2) is 9.39. The number of halogens is 2. The molecule has 0 saturated heterocycles. The van der Waals surface area contributed by atoms with Crippen molar-refractivity contribution in [2.45, 2.75) is 23.9 Å². The molecule has 152 valence electrons. The molecule has 0 aliphatic rings. The van der Waals surface area contributed by atoms with Crippen molar-refractivity contribution in [3.05, 3.63) is 63.7 Å². The lowest BCUT2D eigenvalue weighted by Gasteiger charge is -2.16. The van der Waals surface area contributed by atoms with Crippen molar-refractivity contribution in [1.29, 1.82) is 0 Å². The molecule has 9 heteroatoms. The number of fused-ring (bicyclic) bond motifs is 1. The Morgan fingerprint density at radius 1 is 1.34 bits per heavy atom. The number of benzene rings is 2. The van der Waals surface area contributed by atoms with Crippen LogP contribution in [0.25, 0.3) is 10.9 Å². The molecule has 0 spiro atoms. The maximum Gasteiger partial charge on any atom is 0.262 e. The fourth-order valence-electron chi connectivity index (χ4n) is 2.67. The van der Waals surface area contributed by atoms with Crippen molar-refractivity contribution >= 4 is 45.9 Å².